The van der Waals surface area contributed by atoms with E-state index in [0.717, 1.165) is 11.1 Å². The standard InChI is InChI=1S/C24H36N4O4/c1-16-9-10-17(2)19(11-16)26-21(29)20(27-22(30)32-24(6,7)8)12-18-13-28(14-25-18)15-31-23(3,4)5/h9-11,13-14,20H,12,15H2,1-8H3,(H,26,29)(H,27,30). The highest BCUT2D eigenvalue weighted by molar-refractivity contribution is 5.97. The number of hydrogen-bond donors (Lipinski definition) is 2. The first-order chi connectivity index (χ1) is 14.7. The fourth-order valence-corrected chi connectivity index (χ4v) is 2.81. The third-order valence-electron chi connectivity index (χ3n) is 4.41. The number of anilines is 1. The van der Waals surface area contributed by atoms with Gasteiger partial charge in [-0.05, 0) is 72.6 Å². The van der Waals surface area contributed by atoms with Crippen LogP contribution in [-0.4, -0.2) is 38.8 Å². The number of amides is 2. The SMILES string of the molecule is Cc1ccc(C)c(NC(=O)C(Cc2cn(COC(C)(C)C)cn2)NC(=O)OC(C)(C)C)c1. The number of rotatable bonds is 7. The number of nitrogens with one attached hydrogen (secondary N) is 2. The summed E-state index contributed by atoms with van der Waals surface area (Å²) in [4.78, 5) is 29.9. The highest BCUT2D eigenvalue weighted by Crippen LogP contribution is 2.17. The molecule has 1 aromatic heterocycles. The van der Waals surface area contributed by atoms with Gasteiger partial charge in [-0.2, -0.15) is 0 Å². The van der Waals surface area contributed by atoms with Crippen LogP contribution in [0, 0.1) is 13.8 Å². The van der Waals surface area contributed by atoms with Crippen molar-refractivity contribution < 1.29 is 19.1 Å². The summed E-state index contributed by atoms with van der Waals surface area (Å²) >= 11 is 0. The normalized spacial score (nSPS) is 12.9. The van der Waals surface area contributed by atoms with E-state index >= 15 is 0 Å². The lowest BCUT2D eigenvalue weighted by molar-refractivity contribution is -0.118. The average molecular weight is 445 g/mol. The van der Waals surface area contributed by atoms with Gasteiger partial charge in [0.05, 0.1) is 17.6 Å². The molecule has 0 fully saturated rings. The van der Waals surface area contributed by atoms with Gasteiger partial charge in [0.1, 0.15) is 18.4 Å². The zero-order chi connectivity index (χ0) is 24.1. The number of nitrogens with zero attached hydrogens (tertiary/aromatic N) is 2. The van der Waals surface area contributed by atoms with Gasteiger partial charge in [-0.15, -0.1) is 0 Å². The van der Waals surface area contributed by atoms with Gasteiger partial charge in [-0.3, -0.25) is 4.79 Å². The Morgan fingerprint density at radius 2 is 1.78 bits per heavy atom. The van der Waals surface area contributed by atoms with Gasteiger partial charge in [0.15, 0.2) is 0 Å². The molecule has 8 heteroatoms. The molecule has 0 bridgehead atoms. The van der Waals surface area contributed by atoms with Crippen LogP contribution in [0.25, 0.3) is 0 Å². The van der Waals surface area contributed by atoms with Crippen molar-refractivity contribution in [3.05, 3.63) is 47.5 Å². The molecule has 1 unspecified atom stereocenters. The van der Waals surface area contributed by atoms with Crippen LogP contribution in [-0.2, 0) is 27.4 Å². The number of aromatic nitrogens is 2. The lowest BCUT2D eigenvalue weighted by Crippen LogP contribution is -2.47. The van der Waals surface area contributed by atoms with E-state index in [-0.39, 0.29) is 17.9 Å². The smallest absolute Gasteiger partial charge is 0.408 e. The van der Waals surface area contributed by atoms with Crippen molar-refractivity contribution in [2.45, 2.75) is 85.8 Å². The van der Waals surface area contributed by atoms with Gasteiger partial charge >= 0.3 is 6.09 Å². The van der Waals surface area contributed by atoms with Crippen LogP contribution in [0.5, 0.6) is 0 Å². The molecular weight excluding hydrogens is 408 g/mol. The quantitative estimate of drug-likeness (QED) is 0.662. The average Bonchev–Trinajstić information content (AvgIpc) is 3.08. The highest BCUT2D eigenvalue weighted by atomic mass is 16.6. The van der Waals surface area contributed by atoms with Gasteiger partial charge in [0.2, 0.25) is 5.91 Å². The molecule has 0 aliphatic carbocycles. The van der Waals surface area contributed by atoms with Crippen molar-refractivity contribution >= 4 is 17.7 Å². The van der Waals surface area contributed by atoms with Crippen molar-refractivity contribution in [2.24, 2.45) is 0 Å². The maximum Gasteiger partial charge on any atom is 0.408 e. The predicted molar refractivity (Wildman–Crippen MR) is 124 cm³/mol. The molecule has 0 aliphatic heterocycles. The fraction of sp³-hybridized carbons (Fsp3) is 0.542. The summed E-state index contributed by atoms with van der Waals surface area (Å²) in [7, 11) is 0. The van der Waals surface area contributed by atoms with E-state index in [1.807, 2.05) is 52.8 Å². The van der Waals surface area contributed by atoms with Crippen molar-refractivity contribution in [1.29, 1.82) is 0 Å². The summed E-state index contributed by atoms with van der Waals surface area (Å²) in [5.41, 5.74) is 2.36. The summed E-state index contributed by atoms with van der Waals surface area (Å²) in [6.45, 7) is 15.5. The van der Waals surface area contributed by atoms with Gasteiger partial charge in [0, 0.05) is 18.3 Å². The minimum atomic E-state index is -0.864. The summed E-state index contributed by atoms with van der Waals surface area (Å²) in [6, 6.07) is 4.96. The predicted octanol–water partition coefficient (Wildman–Crippen LogP) is 4.35. The molecule has 2 aromatic rings. The van der Waals surface area contributed by atoms with Crippen LogP contribution in [0.1, 0.15) is 58.4 Å². The maximum atomic E-state index is 13.1. The monoisotopic (exact) mass is 444 g/mol. The second kappa shape index (κ2) is 10.2. The molecule has 2 rings (SSSR count). The fourth-order valence-electron chi connectivity index (χ4n) is 2.81. The first-order valence-corrected chi connectivity index (χ1v) is 10.7. The topological polar surface area (TPSA) is 94.5 Å². The summed E-state index contributed by atoms with van der Waals surface area (Å²) < 4.78 is 12.9. The molecule has 0 saturated heterocycles. The number of hydrogen-bond acceptors (Lipinski definition) is 5. The molecule has 0 radical (unpaired) electrons. The molecule has 8 nitrogen and oxygen atoms in total. The third-order valence-corrected chi connectivity index (χ3v) is 4.41. The summed E-state index contributed by atoms with van der Waals surface area (Å²) in [5.74, 6) is -0.343. The number of ether oxygens (including phenoxy) is 2. The van der Waals surface area contributed by atoms with Crippen LogP contribution in [0.3, 0.4) is 0 Å². The Bertz CT molecular complexity index is 938. The van der Waals surface area contributed by atoms with Gasteiger partial charge in [-0.1, -0.05) is 12.1 Å². The zero-order valence-corrected chi connectivity index (χ0v) is 20.4. The molecule has 0 saturated carbocycles. The number of imidazole rings is 1. The molecule has 0 spiro atoms. The number of benzene rings is 1. The van der Waals surface area contributed by atoms with E-state index in [1.54, 1.807) is 37.9 Å². The third kappa shape index (κ3) is 8.70. The molecule has 32 heavy (non-hydrogen) atoms. The Kier molecular flexibility index (Phi) is 8.07. The van der Waals surface area contributed by atoms with E-state index in [4.69, 9.17) is 9.47 Å². The molecule has 2 amide bonds. The number of carbonyl (C=O) groups is 2. The Hall–Kier alpha value is -2.87. The van der Waals surface area contributed by atoms with E-state index < -0.39 is 17.7 Å². The van der Waals surface area contributed by atoms with Crippen LogP contribution >= 0.6 is 0 Å². The lowest BCUT2D eigenvalue weighted by atomic mass is 10.1. The molecule has 1 heterocycles. The van der Waals surface area contributed by atoms with Crippen LogP contribution in [0.2, 0.25) is 0 Å². The second-order valence-corrected chi connectivity index (χ2v) is 9.98. The number of carbonyl (C=O) groups excluding carboxylic acids is 2. The zero-order valence-electron chi connectivity index (χ0n) is 20.4. The molecular formula is C24H36N4O4. The minimum absolute atomic E-state index is 0.207. The largest absolute Gasteiger partial charge is 0.444 e. The van der Waals surface area contributed by atoms with Gasteiger partial charge in [-0.25, -0.2) is 9.78 Å². The Morgan fingerprint density at radius 1 is 1.09 bits per heavy atom. The maximum absolute atomic E-state index is 13.1. The first kappa shape index (κ1) is 25.4. The minimum Gasteiger partial charge on any atom is -0.444 e. The highest BCUT2D eigenvalue weighted by Gasteiger charge is 2.26. The summed E-state index contributed by atoms with van der Waals surface area (Å²) in [5, 5.41) is 5.61. The van der Waals surface area contributed by atoms with Crippen LogP contribution in [0.15, 0.2) is 30.7 Å². The first-order valence-electron chi connectivity index (χ1n) is 10.7. The molecule has 176 valence electrons. The van der Waals surface area contributed by atoms with Crippen LogP contribution < -0.4 is 10.6 Å². The Balaban J connectivity index is 2.17. The van der Waals surface area contributed by atoms with Gasteiger partial charge in [0.25, 0.3) is 0 Å². The second-order valence-electron chi connectivity index (χ2n) is 9.98. The van der Waals surface area contributed by atoms with Crippen LogP contribution in [0.4, 0.5) is 10.5 Å². The van der Waals surface area contributed by atoms with E-state index in [1.165, 1.54) is 0 Å². The number of alkyl carbamates (subject to hydrolysis) is 1. The molecule has 0 aliphatic rings. The lowest BCUT2D eigenvalue weighted by Gasteiger charge is -2.23. The van der Waals surface area contributed by atoms with Crippen molar-refractivity contribution in [3.63, 3.8) is 0 Å². The van der Waals surface area contributed by atoms with Crippen molar-refractivity contribution in [2.75, 3.05) is 5.32 Å². The Morgan fingerprint density at radius 3 is 2.41 bits per heavy atom. The molecule has 1 aromatic carbocycles. The Labute approximate surface area is 190 Å². The van der Waals surface area contributed by atoms with E-state index in [0.29, 0.717) is 18.1 Å². The van der Waals surface area contributed by atoms with Gasteiger partial charge < -0.3 is 24.7 Å². The number of aryl methyl sites for hydroxylation is 2. The van der Waals surface area contributed by atoms with E-state index in [2.05, 4.69) is 15.6 Å². The van der Waals surface area contributed by atoms with Crippen molar-refractivity contribution in [1.82, 2.24) is 14.9 Å². The van der Waals surface area contributed by atoms with Crippen molar-refractivity contribution in [3.8, 4) is 0 Å². The van der Waals surface area contributed by atoms with E-state index in [9.17, 15) is 9.59 Å². The molecule has 1 atom stereocenters. The summed E-state index contributed by atoms with van der Waals surface area (Å²) in [6.07, 6.45) is 3.00. The molecule has 2 N–H and O–H groups in total.